The number of nitrogens with two attached hydrogens (primary N) is 1. The Balaban J connectivity index is 2.63. The van der Waals surface area contributed by atoms with E-state index in [1.807, 2.05) is 44.7 Å². The van der Waals surface area contributed by atoms with Crippen LogP contribution in [-0.4, -0.2) is 22.9 Å². The highest BCUT2D eigenvalue weighted by molar-refractivity contribution is 5.67. The molecular weight excluding hydrogens is 262 g/mol. The fraction of sp³-hybridized carbons (Fsp3) is 0.375. The molecule has 110 valence electrons. The van der Waals surface area contributed by atoms with Gasteiger partial charge in [0.15, 0.2) is 5.82 Å². The third-order valence-electron chi connectivity index (χ3n) is 3.53. The first kappa shape index (κ1) is 14.9. The summed E-state index contributed by atoms with van der Waals surface area (Å²) in [6.45, 7) is 9.72. The van der Waals surface area contributed by atoms with Gasteiger partial charge in [0.05, 0.1) is 5.69 Å². The number of nitriles is 1. The second-order valence-electron chi connectivity index (χ2n) is 5.13. The van der Waals surface area contributed by atoms with E-state index in [4.69, 9.17) is 5.73 Å². The summed E-state index contributed by atoms with van der Waals surface area (Å²) in [5.74, 6) is 1.04. The molecule has 0 spiro atoms. The maximum atomic E-state index is 9.40. The molecule has 0 saturated carbocycles. The number of aromatic nitrogens is 2. The lowest BCUT2D eigenvalue weighted by Crippen LogP contribution is -2.23. The molecule has 2 rings (SSSR count). The van der Waals surface area contributed by atoms with E-state index in [0.29, 0.717) is 17.2 Å². The van der Waals surface area contributed by atoms with Gasteiger partial charge in [0.25, 0.3) is 0 Å². The maximum absolute atomic E-state index is 9.40. The van der Waals surface area contributed by atoms with Crippen molar-refractivity contribution in [3.8, 4) is 11.8 Å². The van der Waals surface area contributed by atoms with Gasteiger partial charge < -0.3 is 10.6 Å². The van der Waals surface area contributed by atoms with Crippen LogP contribution in [0.15, 0.2) is 18.2 Å². The number of nitrogens with zero attached hydrogens (tertiary/aromatic N) is 4. The molecule has 21 heavy (non-hydrogen) atoms. The second-order valence-corrected chi connectivity index (χ2v) is 5.13. The Morgan fingerprint density at radius 3 is 2.24 bits per heavy atom. The van der Waals surface area contributed by atoms with Crippen LogP contribution in [0.4, 0.5) is 11.6 Å². The summed E-state index contributed by atoms with van der Waals surface area (Å²) in [6.07, 6.45) is 0. The normalized spacial score (nSPS) is 10.4. The molecule has 1 aromatic carbocycles. The van der Waals surface area contributed by atoms with Crippen LogP contribution in [0.25, 0.3) is 5.69 Å². The van der Waals surface area contributed by atoms with E-state index in [1.165, 1.54) is 0 Å². The zero-order chi connectivity index (χ0) is 15.6. The Hall–Kier alpha value is -2.48. The standard InChI is InChI=1S/C16H21N5/c1-5-20(6-2)16-14(10-17)15(18)21(19-16)13-8-11(3)7-12(4)9-13/h7-9H,5-6,18H2,1-4H3. The molecule has 0 saturated heterocycles. The Kier molecular flexibility index (Phi) is 4.18. The first-order valence-electron chi connectivity index (χ1n) is 7.14. The number of rotatable bonds is 4. The molecule has 0 fully saturated rings. The maximum Gasteiger partial charge on any atom is 0.171 e. The van der Waals surface area contributed by atoms with Gasteiger partial charge in [-0.25, -0.2) is 4.68 Å². The molecule has 0 amide bonds. The molecule has 5 nitrogen and oxygen atoms in total. The van der Waals surface area contributed by atoms with Gasteiger partial charge in [0, 0.05) is 13.1 Å². The summed E-state index contributed by atoms with van der Waals surface area (Å²) >= 11 is 0. The van der Waals surface area contributed by atoms with Crippen LogP contribution in [-0.2, 0) is 0 Å². The molecule has 0 unspecified atom stereocenters. The lowest BCUT2D eigenvalue weighted by Gasteiger charge is -2.17. The molecule has 0 aliphatic rings. The molecule has 1 heterocycles. The van der Waals surface area contributed by atoms with E-state index in [1.54, 1.807) is 4.68 Å². The second kappa shape index (κ2) is 5.88. The van der Waals surface area contributed by atoms with Crippen molar-refractivity contribution in [1.29, 1.82) is 5.26 Å². The number of aryl methyl sites for hydroxylation is 2. The Morgan fingerprint density at radius 2 is 1.76 bits per heavy atom. The van der Waals surface area contributed by atoms with Crippen molar-refractivity contribution in [2.45, 2.75) is 27.7 Å². The van der Waals surface area contributed by atoms with Gasteiger partial charge in [-0.3, -0.25) is 0 Å². The van der Waals surface area contributed by atoms with Crippen molar-refractivity contribution in [1.82, 2.24) is 9.78 Å². The molecule has 0 aliphatic heterocycles. The number of hydrogen-bond donors (Lipinski definition) is 1. The van der Waals surface area contributed by atoms with Crippen molar-refractivity contribution in [3.05, 3.63) is 34.9 Å². The number of nitrogen functional groups attached to an aromatic ring is 1. The SMILES string of the molecule is CCN(CC)c1nn(-c2cc(C)cc(C)c2)c(N)c1C#N. The van der Waals surface area contributed by atoms with E-state index in [-0.39, 0.29) is 0 Å². The van der Waals surface area contributed by atoms with E-state index in [2.05, 4.69) is 17.2 Å². The van der Waals surface area contributed by atoms with Crippen molar-refractivity contribution >= 4 is 11.6 Å². The van der Waals surface area contributed by atoms with E-state index < -0.39 is 0 Å². The summed E-state index contributed by atoms with van der Waals surface area (Å²) < 4.78 is 1.66. The van der Waals surface area contributed by atoms with Crippen molar-refractivity contribution in [2.75, 3.05) is 23.7 Å². The monoisotopic (exact) mass is 283 g/mol. The van der Waals surface area contributed by atoms with Crippen molar-refractivity contribution < 1.29 is 0 Å². The molecule has 0 radical (unpaired) electrons. The summed E-state index contributed by atoms with van der Waals surface area (Å²) in [4.78, 5) is 2.04. The molecule has 2 aromatic rings. The predicted octanol–water partition coefficient (Wildman–Crippen LogP) is 2.79. The number of anilines is 2. The van der Waals surface area contributed by atoms with E-state index in [9.17, 15) is 5.26 Å². The molecular formula is C16H21N5. The van der Waals surface area contributed by atoms with Gasteiger partial charge in [-0.2, -0.15) is 5.26 Å². The smallest absolute Gasteiger partial charge is 0.171 e. The minimum Gasteiger partial charge on any atom is -0.382 e. The van der Waals surface area contributed by atoms with Crippen molar-refractivity contribution in [2.24, 2.45) is 0 Å². The zero-order valence-corrected chi connectivity index (χ0v) is 13.0. The fourth-order valence-electron chi connectivity index (χ4n) is 2.54. The number of benzene rings is 1. The highest BCUT2D eigenvalue weighted by atomic mass is 15.4. The molecule has 1 aromatic heterocycles. The third-order valence-corrected chi connectivity index (χ3v) is 3.53. The Morgan fingerprint density at radius 1 is 1.19 bits per heavy atom. The summed E-state index contributed by atoms with van der Waals surface area (Å²) in [5.41, 5.74) is 9.76. The first-order valence-corrected chi connectivity index (χ1v) is 7.14. The number of hydrogen-bond acceptors (Lipinski definition) is 4. The topological polar surface area (TPSA) is 70.9 Å². The Labute approximate surface area is 125 Å². The first-order chi connectivity index (χ1) is 10.0. The highest BCUT2D eigenvalue weighted by Gasteiger charge is 2.20. The van der Waals surface area contributed by atoms with Crippen LogP contribution in [0.3, 0.4) is 0 Å². The predicted molar refractivity (Wildman–Crippen MR) is 85.7 cm³/mol. The van der Waals surface area contributed by atoms with Crippen LogP contribution in [0, 0.1) is 25.2 Å². The molecule has 2 N–H and O–H groups in total. The lowest BCUT2D eigenvalue weighted by atomic mass is 10.1. The molecule has 0 atom stereocenters. The Bertz CT molecular complexity index is 669. The van der Waals surface area contributed by atoms with Crippen LogP contribution < -0.4 is 10.6 Å². The average Bonchev–Trinajstić information content (AvgIpc) is 2.76. The van der Waals surface area contributed by atoms with Gasteiger partial charge >= 0.3 is 0 Å². The fourth-order valence-corrected chi connectivity index (χ4v) is 2.54. The van der Waals surface area contributed by atoms with Gasteiger partial charge in [-0.15, -0.1) is 5.10 Å². The minimum absolute atomic E-state index is 0.393. The van der Waals surface area contributed by atoms with Gasteiger partial charge in [0.2, 0.25) is 0 Å². The summed E-state index contributed by atoms with van der Waals surface area (Å²) in [7, 11) is 0. The van der Waals surface area contributed by atoms with Crippen LogP contribution in [0.5, 0.6) is 0 Å². The summed E-state index contributed by atoms with van der Waals surface area (Å²) in [5, 5.41) is 14.0. The third kappa shape index (κ3) is 2.70. The molecule has 5 heteroatoms. The van der Waals surface area contributed by atoms with Gasteiger partial charge in [-0.1, -0.05) is 6.07 Å². The van der Waals surface area contributed by atoms with E-state index in [0.717, 1.165) is 29.9 Å². The van der Waals surface area contributed by atoms with Crippen LogP contribution in [0.1, 0.15) is 30.5 Å². The lowest BCUT2D eigenvalue weighted by molar-refractivity contribution is 0.808. The molecule has 0 aliphatic carbocycles. The highest BCUT2D eigenvalue weighted by Crippen LogP contribution is 2.27. The van der Waals surface area contributed by atoms with Gasteiger partial charge in [0.1, 0.15) is 17.5 Å². The quantitative estimate of drug-likeness (QED) is 0.936. The van der Waals surface area contributed by atoms with Crippen LogP contribution in [0.2, 0.25) is 0 Å². The van der Waals surface area contributed by atoms with E-state index >= 15 is 0 Å². The molecule has 0 bridgehead atoms. The van der Waals surface area contributed by atoms with Crippen LogP contribution >= 0.6 is 0 Å². The zero-order valence-electron chi connectivity index (χ0n) is 13.0. The average molecular weight is 283 g/mol. The largest absolute Gasteiger partial charge is 0.382 e. The minimum atomic E-state index is 0.393. The van der Waals surface area contributed by atoms with Crippen molar-refractivity contribution in [3.63, 3.8) is 0 Å². The van der Waals surface area contributed by atoms with Gasteiger partial charge in [-0.05, 0) is 51.0 Å². The summed E-state index contributed by atoms with van der Waals surface area (Å²) in [6, 6.07) is 8.31.